The van der Waals surface area contributed by atoms with Gasteiger partial charge in [-0.25, -0.2) is 4.98 Å². The molecule has 1 aromatic carbocycles. The van der Waals surface area contributed by atoms with Gasteiger partial charge in [-0.15, -0.1) is 5.10 Å². The topological polar surface area (TPSA) is 106 Å². The Morgan fingerprint density at radius 1 is 1.13 bits per heavy atom. The van der Waals surface area contributed by atoms with Crippen LogP contribution in [-0.2, 0) is 11.8 Å². The average molecular weight is 423 g/mol. The first-order valence-corrected chi connectivity index (χ1v) is 9.96. The summed E-state index contributed by atoms with van der Waals surface area (Å²) in [6.45, 7) is 4.86. The predicted octanol–water partition coefficient (Wildman–Crippen LogP) is 2.36. The number of aryl methyl sites for hydroxylation is 2. The van der Waals surface area contributed by atoms with Gasteiger partial charge in [0.05, 0.1) is 20.3 Å². The third-order valence-corrected chi connectivity index (χ3v) is 4.78. The van der Waals surface area contributed by atoms with E-state index in [-0.39, 0.29) is 11.8 Å². The van der Waals surface area contributed by atoms with Crippen LogP contribution < -0.4 is 20.3 Å². The highest BCUT2D eigenvalue weighted by Crippen LogP contribution is 2.22. The van der Waals surface area contributed by atoms with Crippen molar-refractivity contribution in [2.75, 3.05) is 48.9 Å². The van der Waals surface area contributed by atoms with Gasteiger partial charge in [0, 0.05) is 49.5 Å². The van der Waals surface area contributed by atoms with E-state index in [2.05, 4.69) is 30.6 Å². The minimum Gasteiger partial charge on any atom is -0.479 e. The highest BCUT2D eigenvalue weighted by atomic mass is 16.5. The van der Waals surface area contributed by atoms with E-state index in [1.54, 1.807) is 13.2 Å². The average Bonchev–Trinajstić information content (AvgIpc) is 3.16. The highest BCUT2D eigenvalue weighted by molar-refractivity contribution is 6.05. The summed E-state index contributed by atoms with van der Waals surface area (Å²) in [5, 5.41) is 10.3. The van der Waals surface area contributed by atoms with Crippen molar-refractivity contribution in [2.45, 2.75) is 6.92 Å². The molecule has 0 saturated carbocycles. The molecule has 0 atom stereocenters. The lowest BCUT2D eigenvalue weighted by molar-refractivity contribution is 0.102. The summed E-state index contributed by atoms with van der Waals surface area (Å²) in [6, 6.07) is 9.29. The maximum absolute atomic E-state index is 12.5. The van der Waals surface area contributed by atoms with Crippen LogP contribution in [0.2, 0.25) is 0 Å². The number of hydrogen-bond donors (Lipinski definition) is 2. The van der Waals surface area contributed by atoms with Crippen molar-refractivity contribution in [1.82, 2.24) is 19.7 Å². The van der Waals surface area contributed by atoms with Crippen LogP contribution in [0.5, 0.6) is 5.88 Å². The van der Waals surface area contributed by atoms with Crippen molar-refractivity contribution in [2.24, 2.45) is 7.05 Å². The first-order chi connectivity index (χ1) is 15.0. The summed E-state index contributed by atoms with van der Waals surface area (Å²) >= 11 is 0. The van der Waals surface area contributed by atoms with Crippen LogP contribution in [0.4, 0.5) is 23.1 Å². The molecule has 1 aliphatic heterocycles. The molecule has 0 aliphatic carbocycles. The number of amides is 1. The summed E-state index contributed by atoms with van der Waals surface area (Å²) < 4.78 is 12.1. The van der Waals surface area contributed by atoms with Gasteiger partial charge in [0.15, 0.2) is 0 Å². The van der Waals surface area contributed by atoms with Crippen LogP contribution in [0.15, 0.2) is 36.5 Å². The number of carbonyl (C=O) groups is 1. The fourth-order valence-electron chi connectivity index (χ4n) is 3.28. The Labute approximate surface area is 180 Å². The molecule has 0 radical (unpaired) electrons. The van der Waals surface area contributed by atoms with E-state index in [1.807, 2.05) is 37.3 Å². The van der Waals surface area contributed by atoms with Crippen molar-refractivity contribution in [3.8, 4) is 5.88 Å². The van der Waals surface area contributed by atoms with Gasteiger partial charge in [-0.3, -0.25) is 9.48 Å². The standard InChI is InChI=1S/C21H25N7O3/c1-14-12-18(25-21(22-14)28-8-10-31-11-9-28)23-15-4-6-16(7-5-15)24-19(29)17-13-27(2)26-20(17)30-3/h4-7,12-13H,8-11H2,1-3H3,(H,24,29)(H,22,23,25). The Hall–Kier alpha value is -3.66. The zero-order chi connectivity index (χ0) is 21.8. The monoisotopic (exact) mass is 423 g/mol. The fourth-order valence-corrected chi connectivity index (χ4v) is 3.28. The Bertz CT molecular complexity index is 1060. The quantitative estimate of drug-likeness (QED) is 0.622. The van der Waals surface area contributed by atoms with E-state index in [0.717, 1.165) is 24.5 Å². The van der Waals surface area contributed by atoms with Gasteiger partial charge in [-0.2, -0.15) is 4.98 Å². The van der Waals surface area contributed by atoms with Crippen LogP contribution in [0, 0.1) is 6.92 Å². The lowest BCUT2D eigenvalue weighted by Crippen LogP contribution is -2.37. The number of aromatic nitrogens is 4. The molecule has 1 amide bonds. The molecule has 1 aliphatic rings. The second kappa shape index (κ2) is 9.00. The molecule has 1 fully saturated rings. The summed E-state index contributed by atoms with van der Waals surface area (Å²) in [4.78, 5) is 23.8. The second-order valence-corrected chi connectivity index (χ2v) is 7.18. The van der Waals surface area contributed by atoms with Crippen molar-refractivity contribution in [1.29, 1.82) is 0 Å². The van der Waals surface area contributed by atoms with Gasteiger partial charge in [-0.05, 0) is 31.2 Å². The minimum absolute atomic E-state index is 0.285. The molecule has 0 spiro atoms. The third-order valence-electron chi connectivity index (χ3n) is 4.78. The first kappa shape index (κ1) is 20.6. The molecule has 3 aromatic rings. The Kier molecular flexibility index (Phi) is 5.99. The van der Waals surface area contributed by atoms with Gasteiger partial charge in [0.2, 0.25) is 11.8 Å². The van der Waals surface area contributed by atoms with Crippen LogP contribution in [0.3, 0.4) is 0 Å². The van der Waals surface area contributed by atoms with Crippen molar-refractivity contribution in [3.63, 3.8) is 0 Å². The van der Waals surface area contributed by atoms with E-state index in [0.29, 0.717) is 36.2 Å². The highest BCUT2D eigenvalue weighted by Gasteiger charge is 2.17. The summed E-state index contributed by atoms with van der Waals surface area (Å²) in [7, 11) is 3.22. The molecule has 0 unspecified atom stereocenters. The van der Waals surface area contributed by atoms with Gasteiger partial charge in [0.1, 0.15) is 11.4 Å². The van der Waals surface area contributed by atoms with Crippen molar-refractivity contribution in [3.05, 3.63) is 47.8 Å². The minimum atomic E-state index is -0.285. The number of ether oxygens (including phenoxy) is 2. The number of morpholine rings is 1. The second-order valence-electron chi connectivity index (χ2n) is 7.18. The molecule has 2 N–H and O–H groups in total. The zero-order valence-corrected chi connectivity index (χ0v) is 17.8. The maximum Gasteiger partial charge on any atom is 0.262 e. The van der Waals surface area contributed by atoms with Gasteiger partial charge in [-0.1, -0.05) is 0 Å². The Morgan fingerprint density at radius 2 is 1.84 bits per heavy atom. The molecular formula is C21H25N7O3. The summed E-state index contributed by atoms with van der Waals surface area (Å²) in [5.41, 5.74) is 2.77. The van der Waals surface area contributed by atoms with E-state index in [9.17, 15) is 4.79 Å². The van der Waals surface area contributed by atoms with Gasteiger partial charge >= 0.3 is 0 Å². The Morgan fingerprint density at radius 3 is 2.55 bits per heavy atom. The largest absolute Gasteiger partial charge is 0.479 e. The van der Waals surface area contributed by atoms with Crippen LogP contribution in [0.1, 0.15) is 16.1 Å². The number of rotatable bonds is 6. The normalized spacial score (nSPS) is 13.7. The molecule has 31 heavy (non-hydrogen) atoms. The SMILES string of the molecule is COc1nn(C)cc1C(=O)Nc1ccc(Nc2cc(C)nc(N3CCOCC3)n2)cc1. The van der Waals surface area contributed by atoms with Crippen LogP contribution >= 0.6 is 0 Å². The van der Waals surface area contributed by atoms with E-state index in [4.69, 9.17) is 9.47 Å². The van der Waals surface area contributed by atoms with E-state index >= 15 is 0 Å². The van der Waals surface area contributed by atoms with E-state index in [1.165, 1.54) is 11.8 Å². The lowest BCUT2D eigenvalue weighted by atomic mass is 10.2. The molecule has 2 aromatic heterocycles. The maximum atomic E-state index is 12.5. The van der Waals surface area contributed by atoms with Gasteiger partial charge in [0.25, 0.3) is 5.91 Å². The fraction of sp³-hybridized carbons (Fsp3) is 0.333. The molecule has 4 rings (SSSR count). The summed E-state index contributed by atoms with van der Waals surface area (Å²) in [5.74, 6) is 1.41. The van der Waals surface area contributed by atoms with Crippen LogP contribution in [0.25, 0.3) is 0 Å². The van der Waals surface area contributed by atoms with Crippen molar-refractivity contribution < 1.29 is 14.3 Å². The van der Waals surface area contributed by atoms with Gasteiger partial charge < -0.3 is 25.0 Å². The Balaban J connectivity index is 1.44. The number of methoxy groups -OCH3 is 1. The van der Waals surface area contributed by atoms with E-state index < -0.39 is 0 Å². The number of carbonyl (C=O) groups excluding carboxylic acids is 1. The molecular weight excluding hydrogens is 398 g/mol. The molecule has 3 heterocycles. The summed E-state index contributed by atoms with van der Waals surface area (Å²) in [6.07, 6.45) is 1.62. The number of nitrogens with zero attached hydrogens (tertiary/aromatic N) is 5. The number of nitrogens with one attached hydrogen (secondary N) is 2. The third kappa shape index (κ3) is 4.92. The van der Waals surface area contributed by atoms with Crippen LogP contribution in [-0.4, -0.2) is 59.1 Å². The smallest absolute Gasteiger partial charge is 0.262 e. The molecule has 10 nitrogen and oxygen atoms in total. The number of hydrogen-bond acceptors (Lipinski definition) is 8. The predicted molar refractivity (Wildman–Crippen MR) is 117 cm³/mol. The molecule has 10 heteroatoms. The number of anilines is 4. The molecule has 1 saturated heterocycles. The molecule has 162 valence electrons. The van der Waals surface area contributed by atoms with Crippen molar-refractivity contribution >= 4 is 29.0 Å². The lowest BCUT2D eigenvalue weighted by Gasteiger charge is -2.27. The number of benzene rings is 1. The molecule has 0 bridgehead atoms. The first-order valence-electron chi connectivity index (χ1n) is 9.96. The zero-order valence-electron chi connectivity index (χ0n) is 17.8.